The van der Waals surface area contributed by atoms with Gasteiger partial charge in [-0.25, -0.2) is 4.39 Å². The number of hydrogen-bond acceptors (Lipinski definition) is 4. The van der Waals surface area contributed by atoms with Crippen molar-refractivity contribution in [2.45, 2.75) is 13.8 Å². The maximum absolute atomic E-state index is 13.9. The highest BCUT2D eigenvalue weighted by molar-refractivity contribution is 5.38. The second kappa shape index (κ2) is 7.84. The SMILES string of the molecule is C=C/C(CN1CCN(c2ccc(C)nn2)CC1)=C(F)\C=C/C. The summed E-state index contributed by atoms with van der Waals surface area (Å²) < 4.78 is 13.9. The molecule has 0 atom stereocenters. The van der Waals surface area contributed by atoms with Crippen molar-refractivity contribution >= 4 is 5.82 Å². The maximum Gasteiger partial charge on any atom is 0.151 e. The first-order valence-electron chi connectivity index (χ1n) is 7.55. The molecule has 0 saturated carbocycles. The topological polar surface area (TPSA) is 32.3 Å². The highest BCUT2D eigenvalue weighted by Crippen LogP contribution is 2.16. The van der Waals surface area contributed by atoms with E-state index in [2.05, 4.69) is 26.6 Å². The molecule has 5 heteroatoms. The minimum atomic E-state index is -0.204. The van der Waals surface area contributed by atoms with E-state index in [0.29, 0.717) is 12.1 Å². The Hall–Kier alpha value is -2.01. The van der Waals surface area contributed by atoms with Gasteiger partial charge >= 0.3 is 0 Å². The molecule has 0 N–H and O–H groups in total. The summed E-state index contributed by atoms with van der Waals surface area (Å²) in [5.41, 5.74) is 1.56. The van der Waals surface area contributed by atoms with Gasteiger partial charge in [0.05, 0.1) is 5.69 Å². The molecule has 1 fully saturated rings. The zero-order valence-electron chi connectivity index (χ0n) is 13.3. The molecule has 0 aliphatic carbocycles. The molecule has 0 amide bonds. The van der Waals surface area contributed by atoms with E-state index >= 15 is 0 Å². The van der Waals surface area contributed by atoms with Crippen LogP contribution in [0.15, 0.2) is 48.3 Å². The summed E-state index contributed by atoms with van der Waals surface area (Å²) in [5, 5.41) is 8.31. The summed E-state index contributed by atoms with van der Waals surface area (Å²) in [6.07, 6.45) is 4.79. The number of aromatic nitrogens is 2. The van der Waals surface area contributed by atoms with Gasteiger partial charge in [-0.1, -0.05) is 18.7 Å². The Kier molecular flexibility index (Phi) is 5.83. The minimum absolute atomic E-state index is 0.204. The lowest BCUT2D eigenvalue weighted by atomic mass is 10.2. The van der Waals surface area contributed by atoms with Crippen molar-refractivity contribution in [1.82, 2.24) is 15.1 Å². The number of allylic oxidation sites excluding steroid dienone is 3. The predicted octanol–water partition coefficient (Wildman–Crippen LogP) is 2.89. The largest absolute Gasteiger partial charge is 0.353 e. The maximum atomic E-state index is 13.9. The average molecular weight is 302 g/mol. The van der Waals surface area contributed by atoms with Crippen molar-refractivity contribution in [2.75, 3.05) is 37.6 Å². The van der Waals surface area contributed by atoms with Gasteiger partial charge in [0.15, 0.2) is 5.82 Å². The molecule has 1 saturated heterocycles. The van der Waals surface area contributed by atoms with Crippen LogP contribution in [0.3, 0.4) is 0 Å². The molecule has 1 aromatic heterocycles. The van der Waals surface area contributed by atoms with E-state index in [0.717, 1.165) is 37.7 Å². The predicted molar refractivity (Wildman–Crippen MR) is 88.6 cm³/mol. The van der Waals surface area contributed by atoms with Crippen LogP contribution in [-0.4, -0.2) is 47.8 Å². The number of rotatable bonds is 5. The van der Waals surface area contributed by atoms with Crippen LogP contribution in [0.25, 0.3) is 0 Å². The number of hydrogen-bond donors (Lipinski definition) is 0. The van der Waals surface area contributed by atoms with Crippen molar-refractivity contribution < 1.29 is 4.39 Å². The van der Waals surface area contributed by atoms with Crippen LogP contribution in [0.2, 0.25) is 0 Å². The smallest absolute Gasteiger partial charge is 0.151 e. The Morgan fingerprint density at radius 1 is 1.27 bits per heavy atom. The highest BCUT2D eigenvalue weighted by Gasteiger charge is 2.19. The third-order valence-corrected chi connectivity index (χ3v) is 3.74. The molecule has 1 aromatic rings. The van der Waals surface area contributed by atoms with Gasteiger partial charge in [0.1, 0.15) is 5.83 Å². The summed E-state index contributed by atoms with van der Waals surface area (Å²) in [6.45, 7) is 11.5. The molecule has 2 rings (SSSR count). The fourth-order valence-electron chi connectivity index (χ4n) is 2.43. The van der Waals surface area contributed by atoms with Crippen LogP contribution in [-0.2, 0) is 0 Å². The summed E-state index contributed by atoms with van der Waals surface area (Å²) in [5.74, 6) is 0.703. The molecule has 2 heterocycles. The molecule has 1 aliphatic rings. The molecule has 4 nitrogen and oxygen atoms in total. The fourth-order valence-corrected chi connectivity index (χ4v) is 2.43. The van der Waals surface area contributed by atoms with Crippen molar-refractivity contribution in [3.05, 3.63) is 54.0 Å². The van der Waals surface area contributed by atoms with Crippen LogP contribution in [0, 0.1) is 6.92 Å². The van der Waals surface area contributed by atoms with Crippen molar-refractivity contribution in [3.8, 4) is 0 Å². The Bertz CT molecular complexity index is 555. The summed E-state index contributed by atoms with van der Waals surface area (Å²) >= 11 is 0. The average Bonchev–Trinajstić information content (AvgIpc) is 2.54. The lowest BCUT2D eigenvalue weighted by Crippen LogP contribution is -2.47. The van der Waals surface area contributed by atoms with Crippen LogP contribution >= 0.6 is 0 Å². The molecule has 0 unspecified atom stereocenters. The van der Waals surface area contributed by atoms with Crippen LogP contribution in [0.1, 0.15) is 12.6 Å². The first-order valence-corrected chi connectivity index (χ1v) is 7.55. The van der Waals surface area contributed by atoms with Crippen LogP contribution in [0.4, 0.5) is 10.2 Å². The second-order valence-corrected chi connectivity index (χ2v) is 5.37. The number of nitrogens with zero attached hydrogens (tertiary/aromatic N) is 4. The van der Waals surface area contributed by atoms with E-state index in [-0.39, 0.29) is 5.83 Å². The summed E-state index contributed by atoms with van der Waals surface area (Å²) in [7, 11) is 0. The normalized spacial score (nSPS) is 17.7. The number of piperazine rings is 1. The molecule has 118 valence electrons. The lowest BCUT2D eigenvalue weighted by Gasteiger charge is -2.35. The van der Waals surface area contributed by atoms with Gasteiger partial charge in [-0.2, -0.15) is 5.10 Å². The fraction of sp³-hybridized carbons (Fsp3) is 0.412. The first-order chi connectivity index (χ1) is 10.6. The molecule has 0 aromatic carbocycles. The van der Waals surface area contributed by atoms with E-state index < -0.39 is 0 Å². The van der Waals surface area contributed by atoms with Gasteiger partial charge < -0.3 is 4.90 Å². The van der Waals surface area contributed by atoms with E-state index in [1.165, 1.54) is 6.08 Å². The highest BCUT2D eigenvalue weighted by atomic mass is 19.1. The standard InChI is InChI=1S/C17H23FN4/c1-4-6-16(18)15(5-2)13-21-9-11-22(12-10-21)17-8-7-14(3)19-20-17/h4-8H,2,9-13H2,1,3H3/b6-4-,16-15-. The molecule has 22 heavy (non-hydrogen) atoms. The van der Waals surface area contributed by atoms with Gasteiger partial charge in [-0.3, -0.25) is 4.90 Å². The quantitative estimate of drug-likeness (QED) is 0.783. The molecular weight excluding hydrogens is 279 g/mol. The van der Waals surface area contributed by atoms with Crippen molar-refractivity contribution in [1.29, 1.82) is 0 Å². The van der Waals surface area contributed by atoms with Crippen LogP contribution in [0.5, 0.6) is 0 Å². The lowest BCUT2D eigenvalue weighted by molar-refractivity contribution is 0.277. The van der Waals surface area contributed by atoms with E-state index in [9.17, 15) is 4.39 Å². The van der Waals surface area contributed by atoms with E-state index in [1.807, 2.05) is 26.0 Å². The van der Waals surface area contributed by atoms with Crippen LogP contribution < -0.4 is 4.90 Å². The van der Waals surface area contributed by atoms with Gasteiger partial charge in [-0.15, -0.1) is 5.10 Å². The zero-order valence-corrected chi connectivity index (χ0v) is 13.3. The summed E-state index contributed by atoms with van der Waals surface area (Å²) in [4.78, 5) is 4.45. The number of halogens is 1. The summed E-state index contributed by atoms with van der Waals surface area (Å²) in [6, 6.07) is 3.97. The van der Waals surface area contributed by atoms with E-state index in [4.69, 9.17) is 0 Å². The van der Waals surface area contributed by atoms with Gasteiger partial charge in [0.25, 0.3) is 0 Å². The number of anilines is 1. The third kappa shape index (κ3) is 4.24. The Balaban J connectivity index is 1.93. The van der Waals surface area contributed by atoms with Crippen molar-refractivity contribution in [2.24, 2.45) is 0 Å². The Morgan fingerprint density at radius 2 is 2.00 bits per heavy atom. The van der Waals surface area contributed by atoms with Crippen molar-refractivity contribution in [3.63, 3.8) is 0 Å². The third-order valence-electron chi connectivity index (χ3n) is 3.74. The minimum Gasteiger partial charge on any atom is -0.353 e. The Morgan fingerprint density at radius 3 is 2.55 bits per heavy atom. The Labute approximate surface area is 131 Å². The molecule has 1 aliphatic heterocycles. The molecule has 0 bridgehead atoms. The van der Waals surface area contributed by atoms with Gasteiger partial charge in [0.2, 0.25) is 0 Å². The van der Waals surface area contributed by atoms with Gasteiger partial charge in [-0.05, 0) is 32.1 Å². The molecule has 0 radical (unpaired) electrons. The first kappa shape index (κ1) is 16.4. The number of aryl methyl sites for hydroxylation is 1. The second-order valence-electron chi connectivity index (χ2n) is 5.37. The molecule has 0 spiro atoms. The van der Waals surface area contributed by atoms with E-state index in [1.54, 1.807) is 12.2 Å². The molecular formula is C17H23FN4. The monoisotopic (exact) mass is 302 g/mol. The zero-order chi connectivity index (χ0) is 15.9. The van der Waals surface area contributed by atoms with Gasteiger partial charge in [0, 0.05) is 38.3 Å².